The molecule has 0 rings (SSSR count). The highest BCUT2D eigenvalue weighted by Crippen LogP contribution is 2.04. The molecule has 0 spiro atoms. The molecule has 0 aliphatic rings. The Hall–Kier alpha value is -0.530. The van der Waals surface area contributed by atoms with E-state index in [1.807, 2.05) is 6.92 Å². The van der Waals surface area contributed by atoms with Crippen molar-refractivity contribution in [3.8, 4) is 0 Å². The molecular weight excluding hydrogens is 150 g/mol. The number of nitrogens with one attached hydrogen (secondary N) is 1. The molecule has 0 aromatic carbocycles. The number of carbonyl (C=O) groups excluding carboxylic acids is 1. The van der Waals surface area contributed by atoms with Gasteiger partial charge in [-0.15, -0.1) is 0 Å². The Morgan fingerprint density at radius 1 is 1.42 bits per heavy atom. The van der Waals surface area contributed by atoms with Crippen LogP contribution in [0.5, 0.6) is 0 Å². The van der Waals surface area contributed by atoms with Gasteiger partial charge in [0.05, 0.1) is 0 Å². The summed E-state index contributed by atoms with van der Waals surface area (Å²) in [5.74, 6) is 0.950. The van der Waals surface area contributed by atoms with E-state index in [0.717, 1.165) is 18.9 Å². The van der Waals surface area contributed by atoms with Crippen LogP contribution in [0, 0.1) is 5.92 Å². The van der Waals surface area contributed by atoms with E-state index >= 15 is 0 Å². The summed E-state index contributed by atoms with van der Waals surface area (Å²) in [5.41, 5.74) is 0. The van der Waals surface area contributed by atoms with Crippen LogP contribution in [0.15, 0.2) is 0 Å². The minimum absolute atomic E-state index is 0. The van der Waals surface area contributed by atoms with Crippen molar-refractivity contribution < 1.29 is 6.22 Å². The second-order valence-electron chi connectivity index (χ2n) is 3.59. The number of hydrogen-bond donors (Lipinski definition) is 1. The van der Waals surface area contributed by atoms with Crippen molar-refractivity contribution >= 4 is 5.91 Å². The molecule has 0 heterocycles. The molecule has 0 aliphatic carbocycles. The summed E-state index contributed by atoms with van der Waals surface area (Å²) in [6, 6.07) is 0. The molecule has 0 unspecified atom stereocenters. The monoisotopic (exact) mass is 173 g/mol. The maximum atomic E-state index is 10.8. The van der Waals surface area contributed by atoms with E-state index in [-0.39, 0.29) is 7.33 Å². The molecular formula is C10H23NO. The van der Waals surface area contributed by atoms with Crippen molar-refractivity contribution in [1.82, 2.24) is 5.32 Å². The third-order valence-electron chi connectivity index (χ3n) is 1.85. The lowest BCUT2D eigenvalue weighted by atomic mass is 10.1. The number of rotatable bonds is 6. The van der Waals surface area contributed by atoms with Crippen LogP contribution < -0.4 is 5.32 Å². The molecule has 0 aromatic rings. The van der Waals surface area contributed by atoms with Crippen molar-refractivity contribution in [2.24, 2.45) is 5.92 Å². The van der Waals surface area contributed by atoms with Crippen LogP contribution in [0.1, 0.15) is 47.9 Å². The quantitative estimate of drug-likeness (QED) is 0.615. The average Bonchev–Trinajstić information content (AvgIpc) is 2.03. The number of carbonyl (C=O) groups is 1. The van der Waals surface area contributed by atoms with Crippen molar-refractivity contribution in [2.75, 3.05) is 6.54 Å². The first-order valence-corrected chi connectivity index (χ1v) is 4.93. The van der Waals surface area contributed by atoms with Gasteiger partial charge in [-0.3, -0.25) is 4.79 Å². The van der Waals surface area contributed by atoms with E-state index in [2.05, 4.69) is 19.2 Å². The summed E-state index contributed by atoms with van der Waals surface area (Å²) in [6.07, 6.45) is 4.21. The highest BCUT2D eigenvalue weighted by molar-refractivity contribution is 5.75. The molecule has 74 valence electrons. The van der Waals surface area contributed by atoms with Crippen molar-refractivity contribution in [3.63, 3.8) is 0 Å². The summed E-state index contributed by atoms with van der Waals surface area (Å²) in [7, 11) is 0. The minimum atomic E-state index is 0. The van der Waals surface area contributed by atoms with Gasteiger partial charge in [-0.05, 0) is 12.3 Å². The van der Waals surface area contributed by atoms with E-state index in [0.29, 0.717) is 6.42 Å². The molecule has 0 aromatic heterocycles. The predicted octanol–water partition coefficient (Wildman–Crippen LogP) is 2.58. The number of hydrogen-bond acceptors (Lipinski definition) is 1. The molecule has 0 bridgehead atoms. The van der Waals surface area contributed by atoms with Gasteiger partial charge in [0.15, 0.2) is 0 Å². The molecule has 0 aliphatic heterocycles. The van der Waals surface area contributed by atoms with Gasteiger partial charge in [0, 0.05) is 14.4 Å². The lowest BCUT2D eigenvalue weighted by Gasteiger charge is -2.05. The Labute approximate surface area is 77.2 Å². The zero-order valence-electron chi connectivity index (χ0n) is 8.52. The van der Waals surface area contributed by atoms with Gasteiger partial charge in [0.1, 0.15) is 0 Å². The predicted molar refractivity (Wildman–Crippen MR) is 54.1 cm³/mol. The average molecular weight is 173 g/mol. The zero-order chi connectivity index (χ0) is 9.40. The third-order valence-corrected chi connectivity index (χ3v) is 1.85. The van der Waals surface area contributed by atoms with Crippen LogP contribution in [-0.2, 0) is 4.79 Å². The number of unbranched alkanes of at least 4 members (excludes halogenated alkanes) is 1. The van der Waals surface area contributed by atoms with Gasteiger partial charge in [0.2, 0.25) is 5.91 Å². The topological polar surface area (TPSA) is 29.1 Å². The molecule has 1 N–H and O–H groups in total. The summed E-state index contributed by atoms with van der Waals surface area (Å²) >= 11 is 0. The molecule has 0 fully saturated rings. The second kappa shape index (κ2) is 7.14. The maximum absolute atomic E-state index is 10.8. The Morgan fingerprint density at radius 3 is 2.58 bits per heavy atom. The smallest absolute Gasteiger partial charge is 0.219 e. The third kappa shape index (κ3) is 7.58. The van der Waals surface area contributed by atoms with Gasteiger partial charge in [-0.25, -0.2) is 0 Å². The van der Waals surface area contributed by atoms with Crippen LogP contribution in [0.2, 0.25) is 0 Å². The van der Waals surface area contributed by atoms with E-state index in [9.17, 15) is 4.79 Å². The van der Waals surface area contributed by atoms with Gasteiger partial charge < -0.3 is 5.32 Å². The first kappa shape index (κ1) is 11.5. The standard InChI is InChI=1S/C10H21NO.H2/c1-4-10(12)11-8-6-5-7-9(2)3;/h9H,4-8H2,1-3H3,(H,11,12);1H. The molecule has 1 amide bonds. The van der Waals surface area contributed by atoms with E-state index < -0.39 is 0 Å². The van der Waals surface area contributed by atoms with Crippen LogP contribution >= 0.6 is 0 Å². The zero-order valence-corrected chi connectivity index (χ0v) is 8.52. The summed E-state index contributed by atoms with van der Waals surface area (Å²) in [6.45, 7) is 7.18. The molecule has 0 atom stereocenters. The van der Waals surface area contributed by atoms with Gasteiger partial charge in [-0.1, -0.05) is 33.6 Å². The fourth-order valence-corrected chi connectivity index (χ4v) is 1.03. The SMILES string of the molecule is CCC(=O)NCCCCC(C)C.[HH]. The lowest BCUT2D eigenvalue weighted by Crippen LogP contribution is -2.23. The van der Waals surface area contributed by atoms with E-state index in [1.54, 1.807) is 0 Å². The molecule has 0 saturated carbocycles. The fraction of sp³-hybridized carbons (Fsp3) is 0.900. The molecule has 2 heteroatoms. The molecule has 2 nitrogen and oxygen atoms in total. The fourth-order valence-electron chi connectivity index (χ4n) is 1.03. The maximum Gasteiger partial charge on any atom is 0.219 e. The van der Waals surface area contributed by atoms with Gasteiger partial charge >= 0.3 is 0 Å². The van der Waals surface area contributed by atoms with Gasteiger partial charge in [0.25, 0.3) is 0 Å². The Kier molecular flexibility index (Phi) is 6.82. The molecule has 0 radical (unpaired) electrons. The minimum Gasteiger partial charge on any atom is -0.356 e. The van der Waals surface area contributed by atoms with Crippen LogP contribution in [0.4, 0.5) is 0 Å². The molecule has 12 heavy (non-hydrogen) atoms. The molecule has 0 saturated heterocycles. The summed E-state index contributed by atoms with van der Waals surface area (Å²) in [4.78, 5) is 10.8. The first-order chi connectivity index (χ1) is 5.66. The van der Waals surface area contributed by atoms with Crippen molar-refractivity contribution in [3.05, 3.63) is 0 Å². The largest absolute Gasteiger partial charge is 0.356 e. The van der Waals surface area contributed by atoms with E-state index in [1.165, 1.54) is 12.8 Å². The van der Waals surface area contributed by atoms with Crippen LogP contribution in [0.3, 0.4) is 0 Å². The second-order valence-corrected chi connectivity index (χ2v) is 3.59. The van der Waals surface area contributed by atoms with Crippen molar-refractivity contribution in [2.45, 2.75) is 46.5 Å². The number of amides is 1. The Balaban J connectivity index is 0. The highest BCUT2D eigenvalue weighted by atomic mass is 16.1. The summed E-state index contributed by atoms with van der Waals surface area (Å²) < 4.78 is 0. The first-order valence-electron chi connectivity index (χ1n) is 4.93. The summed E-state index contributed by atoms with van der Waals surface area (Å²) in [5, 5.41) is 2.87. The van der Waals surface area contributed by atoms with Crippen molar-refractivity contribution in [1.29, 1.82) is 0 Å². The van der Waals surface area contributed by atoms with Crippen LogP contribution in [0.25, 0.3) is 0 Å². The highest BCUT2D eigenvalue weighted by Gasteiger charge is 1.96. The Bertz CT molecular complexity index is 126. The normalized spacial score (nSPS) is 10.3. The lowest BCUT2D eigenvalue weighted by molar-refractivity contribution is -0.120. The van der Waals surface area contributed by atoms with Crippen LogP contribution in [-0.4, -0.2) is 12.5 Å². The van der Waals surface area contributed by atoms with E-state index in [4.69, 9.17) is 0 Å². The van der Waals surface area contributed by atoms with Gasteiger partial charge in [-0.2, -0.15) is 0 Å². The Morgan fingerprint density at radius 2 is 2.08 bits per heavy atom.